The predicted octanol–water partition coefficient (Wildman–Crippen LogP) is 0.569. The molecule has 14 heavy (non-hydrogen) atoms. The number of rotatable bonds is 6. The molecule has 0 rings (SSSR count). The van der Waals surface area contributed by atoms with Crippen LogP contribution in [0.15, 0.2) is 0 Å². The van der Waals surface area contributed by atoms with E-state index in [1.807, 2.05) is 0 Å². The van der Waals surface area contributed by atoms with E-state index in [1.54, 1.807) is 13.8 Å². The second-order valence-corrected chi connectivity index (χ2v) is 5.11. The van der Waals surface area contributed by atoms with E-state index >= 15 is 0 Å². The Morgan fingerprint density at radius 2 is 1.71 bits per heavy atom. The summed E-state index contributed by atoms with van der Waals surface area (Å²) in [7, 11) is -3.48. The molecular formula is C8H17NO4S. The molecule has 0 unspecified atom stereocenters. The van der Waals surface area contributed by atoms with Gasteiger partial charge in [0.2, 0.25) is 10.0 Å². The zero-order valence-corrected chi connectivity index (χ0v) is 9.52. The van der Waals surface area contributed by atoms with Crippen molar-refractivity contribution in [2.45, 2.75) is 39.2 Å². The van der Waals surface area contributed by atoms with Crippen LogP contribution in [0.2, 0.25) is 0 Å². The number of nitrogens with one attached hydrogen (secondary N) is 1. The summed E-state index contributed by atoms with van der Waals surface area (Å²) in [5.41, 5.74) is -1.35. The number of carboxylic acid groups (broad SMARTS) is 1. The maximum absolute atomic E-state index is 11.3. The summed E-state index contributed by atoms with van der Waals surface area (Å²) in [5.74, 6) is -1.23. The lowest BCUT2D eigenvalue weighted by atomic mass is 9.95. The highest BCUT2D eigenvalue weighted by atomic mass is 32.2. The minimum absolute atomic E-state index is 0.109. The summed E-state index contributed by atoms with van der Waals surface area (Å²) in [6, 6.07) is 0. The molecule has 0 fully saturated rings. The lowest BCUT2D eigenvalue weighted by molar-refractivity contribution is -0.144. The minimum atomic E-state index is -3.48. The normalized spacial score (nSPS) is 12.8. The second kappa shape index (κ2) is 4.75. The molecule has 0 heterocycles. The summed E-state index contributed by atoms with van der Waals surface area (Å²) in [6.45, 7) is 4.77. The SMILES string of the molecule is CCC(CC)(NS(=O)(=O)CC)C(=O)O. The minimum Gasteiger partial charge on any atom is -0.480 e. The molecule has 0 radical (unpaired) electrons. The van der Waals surface area contributed by atoms with E-state index in [1.165, 1.54) is 6.92 Å². The monoisotopic (exact) mass is 223 g/mol. The van der Waals surface area contributed by atoms with E-state index in [-0.39, 0.29) is 18.6 Å². The predicted molar refractivity (Wildman–Crippen MR) is 53.5 cm³/mol. The maximum Gasteiger partial charge on any atom is 0.324 e. The van der Waals surface area contributed by atoms with Gasteiger partial charge in [-0.2, -0.15) is 4.72 Å². The van der Waals surface area contributed by atoms with Crippen molar-refractivity contribution in [3.05, 3.63) is 0 Å². The summed E-state index contributed by atoms with van der Waals surface area (Å²) in [4.78, 5) is 11.0. The van der Waals surface area contributed by atoms with E-state index in [4.69, 9.17) is 5.11 Å². The Bertz CT molecular complexity index is 292. The van der Waals surface area contributed by atoms with Crippen molar-refractivity contribution >= 4 is 16.0 Å². The largest absolute Gasteiger partial charge is 0.480 e. The van der Waals surface area contributed by atoms with Crippen molar-refractivity contribution in [3.63, 3.8) is 0 Å². The molecule has 0 aliphatic rings. The van der Waals surface area contributed by atoms with Crippen molar-refractivity contribution < 1.29 is 18.3 Å². The van der Waals surface area contributed by atoms with Crippen LogP contribution in [-0.2, 0) is 14.8 Å². The Morgan fingerprint density at radius 1 is 1.29 bits per heavy atom. The van der Waals surface area contributed by atoms with Gasteiger partial charge >= 0.3 is 5.97 Å². The zero-order valence-electron chi connectivity index (χ0n) is 8.70. The molecule has 0 saturated carbocycles. The van der Waals surface area contributed by atoms with E-state index in [9.17, 15) is 13.2 Å². The fraction of sp³-hybridized carbons (Fsp3) is 0.875. The number of aliphatic carboxylic acids is 1. The maximum atomic E-state index is 11.3. The van der Waals surface area contributed by atoms with Crippen LogP contribution in [0.25, 0.3) is 0 Å². The first-order valence-electron chi connectivity index (χ1n) is 4.58. The molecule has 84 valence electrons. The molecule has 0 atom stereocenters. The standard InChI is InChI=1S/C8H17NO4S/c1-4-8(5-2,7(10)11)9-14(12,13)6-3/h9H,4-6H2,1-3H3,(H,10,11). The Kier molecular flexibility index (Phi) is 4.54. The van der Waals surface area contributed by atoms with Gasteiger partial charge in [-0.15, -0.1) is 0 Å². The van der Waals surface area contributed by atoms with Gasteiger partial charge < -0.3 is 5.11 Å². The second-order valence-electron chi connectivity index (χ2n) is 3.10. The summed E-state index contributed by atoms with van der Waals surface area (Å²) < 4.78 is 24.8. The fourth-order valence-corrected chi connectivity index (χ4v) is 2.23. The summed E-state index contributed by atoms with van der Waals surface area (Å²) >= 11 is 0. The van der Waals surface area contributed by atoms with Crippen molar-refractivity contribution in [1.29, 1.82) is 0 Å². The molecule has 0 aliphatic carbocycles. The number of sulfonamides is 1. The third-order valence-corrected chi connectivity index (χ3v) is 3.81. The van der Waals surface area contributed by atoms with Crippen LogP contribution < -0.4 is 4.72 Å². The molecule has 0 bridgehead atoms. The molecule has 0 aromatic carbocycles. The van der Waals surface area contributed by atoms with Gasteiger partial charge in [0.15, 0.2) is 0 Å². The highest BCUT2D eigenvalue weighted by Gasteiger charge is 2.38. The van der Waals surface area contributed by atoms with Gasteiger partial charge in [-0.3, -0.25) is 4.79 Å². The van der Waals surface area contributed by atoms with E-state index in [0.717, 1.165) is 0 Å². The van der Waals surface area contributed by atoms with Gasteiger partial charge in [-0.1, -0.05) is 13.8 Å². The smallest absolute Gasteiger partial charge is 0.324 e. The Labute approximate surface area is 84.6 Å². The Balaban J connectivity index is 4.96. The first-order valence-corrected chi connectivity index (χ1v) is 6.23. The number of hydrogen-bond acceptors (Lipinski definition) is 3. The third kappa shape index (κ3) is 2.95. The van der Waals surface area contributed by atoms with Gasteiger partial charge in [0, 0.05) is 0 Å². The summed E-state index contributed by atoms with van der Waals surface area (Å²) in [6.07, 6.45) is 0.468. The van der Waals surface area contributed by atoms with Crippen LogP contribution in [0.3, 0.4) is 0 Å². The fourth-order valence-electron chi connectivity index (χ4n) is 1.11. The number of carboxylic acids is 1. The van der Waals surface area contributed by atoms with Gasteiger partial charge in [0.25, 0.3) is 0 Å². The average molecular weight is 223 g/mol. The summed E-state index contributed by atoms with van der Waals surface area (Å²) in [5, 5.41) is 8.96. The van der Waals surface area contributed by atoms with E-state index in [2.05, 4.69) is 4.72 Å². The van der Waals surface area contributed by atoms with Gasteiger partial charge in [-0.05, 0) is 19.8 Å². The van der Waals surface area contributed by atoms with Crippen molar-refractivity contribution in [3.8, 4) is 0 Å². The molecule has 0 aromatic heterocycles. The first-order chi connectivity index (χ1) is 6.33. The highest BCUT2D eigenvalue weighted by Crippen LogP contribution is 2.16. The molecule has 6 heteroatoms. The molecule has 5 nitrogen and oxygen atoms in total. The number of carbonyl (C=O) groups is 1. The van der Waals surface area contributed by atoms with E-state index < -0.39 is 21.5 Å². The van der Waals surface area contributed by atoms with Gasteiger partial charge in [0.05, 0.1) is 5.75 Å². The molecule has 0 aliphatic heterocycles. The van der Waals surface area contributed by atoms with Gasteiger partial charge in [-0.25, -0.2) is 8.42 Å². The van der Waals surface area contributed by atoms with Crippen molar-refractivity contribution in [1.82, 2.24) is 4.72 Å². The molecule has 2 N–H and O–H groups in total. The lowest BCUT2D eigenvalue weighted by Crippen LogP contribution is -2.53. The highest BCUT2D eigenvalue weighted by molar-refractivity contribution is 7.89. The van der Waals surface area contributed by atoms with E-state index in [0.29, 0.717) is 0 Å². The third-order valence-electron chi connectivity index (χ3n) is 2.35. The molecule has 0 spiro atoms. The van der Waals surface area contributed by atoms with Crippen LogP contribution >= 0.6 is 0 Å². The Hall–Kier alpha value is -0.620. The molecular weight excluding hydrogens is 206 g/mol. The number of hydrogen-bond donors (Lipinski definition) is 2. The van der Waals surface area contributed by atoms with Crippen LogP contribution in [0.1, 0.15) is 33.6 Å². The van der Waals surface area contributed by atoms with Crippen LogP contribution in [0, 0.1) is 0 Å². The van der Waals surface area contributed by atoms with Crippen molar-refractivity contribution in [2.24, 2.45) is 0 Å². The van der Waals surface area contributed by atoms with Crippen molar-refractivity contribution in [2.75, 3.05) is 5.75 Å². The molecule has 0 aromatic rings. The zero-order chi connectivity index (χ0) is 11.4. The lowest BCUT2D eigenvalue weighted by Gasteiger charge is -2.27. The van der Waals surface area contributed by atoms with Crippen LogP contribution in [0.5, 0.6) is 0 Å². The van der Waals surface area contributed by atoms with Crippen LogP contribution in [-0.4, -0.2) is 30.8 Å². The van der Waals surface area contributed by atoms with Gasteiger partial charge in [0.1, 0.15) is 5.54 Å². The van der Waals surface area contributed by atoms with Crippen LogP contribution in [0.4, 0.5) is 0 Å². The Morgan fingerprint density at radius 3 is 1.93 bits per heavy atom. The molecule has 0 amide bonds. The average Bonchev–Trinajstić information content (AvgIpc) is 2.14. The topological polar surface area (TPSA) is 83.5 Å². The first kappa shape index (κ1) is 13.4. The quantitative estimate of drug-likeness (QED) is 0.689. The molecule has 0 saturated heterocycles.